The summed E-state index contributed by atoms with van der Waals surface area (Å²) in [6, 6.07) is 23.3. The van der Waals surface area contributed by atoms with Gasteiger partial charge >= 0.3 is 0 Å². The number of carbonyl (C=O) groups is 2. The van der Waals surface area contributed by atoms with E-state index in [0.717, 1.165) is 16.7 Å². The van der Waals surface area contributed by atoms with Gasteiger partial charge in [0.05, 0.1) is 0 Å². The molecular weight excluding hydrogens is 439 g/mol. The van der Waals surface area contributed by atoms with E-state index in [2.05, 4.69) is 5.32 Å². The predicted octanol–water partition coefficient (Wildman–Crippen LogP) is 5.62. The predicted molar refractivity (Wildman–Crippen MR) is 138 cm³/mol. The zero-order valence-electron chi connectivity index (χ0n) is 21.1. The molecule has 2 amide bonds. The summed E-state index contributed by atoms with van der Waals surface area (Å²) in [6.45, 7) is 7.77. The van der Waals surface area contributed by atoms with Gasteiger partial charge in [0.15, 0.2) is 0 Å². The van der Waals surface area contributed by atoms with Crippen LogP contribution in [0.2, 0.25) is 0 Å². The Hall–Kier alpha value is -3.47. The molecule has 0 spiro atoms. The lowest BCUT2D eigenvalue weighted by Crippen LogP contribution is -2.54. The summed E-state index contributed by atoms with van der Waals surface area (Å²) in [5, 5.41) is 3.03. The van der Waals surface area contributed by atoms with Crippen molar-refractivity contribution in [2.24, 2.45) is 0 Å². The third kappa shape index (κ3) is 8.06. The average molecular weight is 475 g/mol. The monoisotopic (exact) mass is 474 g/mol. The van der Waals surface area contributed by atoms with Gasteiger partial charge in [0, 0.05) is 30.5 Å². The summed E-state index contributed by atoms with van der Waals surface area (Å²) >= 11 is 0. The van der Waals surface area contributed by atoms with Gasteiger partial charge in [-0.25, -0.2) is 4.39 Å². The van der Waals surface area contributed by atoms with E-state index >= 15 is 0 Å². The average Bonchev–Trinajstić information content (AvgIpc) is 2.81. The highest BCUT2D eigenvalue weighted by molar-refractivity contribution is 5.88. The molecule has 0 aliphatic rings. The summed E-state index contributed by atoms with van der Waals surface area (Å²) < 4.78 is 14.6. The Morgan fingerprint density at radius 3 is 2.14 bits per heavy atom. The number of aryl methyl sites for hydroxylation is 2. The first kappa shape index (κ1) is 26.1. The number of benzene rings is 3. The molecule has 0 saturated heterocycles. The second kappa shape index (κ2) is 11.8. The summed E-state index contributed by atoms with van der Waals surface area (Å²) in [7, 11) is 0. The van der Waals surface area contributed by atoms with Crippen molar-refractivity contribution in [3.8, 4) is 0 Å². The summed E-state index contributed by atoms with van der Waals surface area (Å²) in [5.74, 6) is -0.821. The van der Waals surface area contributed by atoms with E-state index in [-0.39, 0.29) is 24.8 Å². The highest BCUT2D eigenvalue weighted by Crippen LogP contribution is 2.19. The molecule has 184 valence electrons. The van der Waals surface area contributed by atoms with Crippen molar-refractivity contribution in [2.75, 3.05) is 0 Å². The summed E-state index contributed by atoms with van der Waals surface area (Å²) in [4.78, 5) is 28.7. The number of halogens is 1. The molecule has 3 aromatic carbocycles. The van der Waals surface area contributed by atoms with Crippen LogP contribution in [-0.4, -0.2) is 28.3 Å². The summed E-state index contributed by atoms with van der Waals surface area (Å²) in [6.07, 6.45) is 1.12. The normalized spacial score (nSPS) is 12.1. The fraction of sp³-hybridized carbons (Fsp3) is 0.333. The Labute approximate surface area is 208 Å². The van der Waals surface area contributed by atoms with E-state index in [1.807, 2.05) is 82.3 Å². The quantitative estimate of drug-likeness (QED) is 0.438. The minimum atomic E-state index is -0.776. The number of carbonyl (C=O) groups excluding carboxylic acids is 2. The van der Waals surface area contributed by atoms with Crippen LogP contribution in [0.5, 0.6) is 0 Å². The van der Waals surface area contributed by atoms with E-state index in [0.29, 0.717) is 18.4 Å². The van der Waals surface area contributed by atoms with Crippen molar-refractivity contribution >= 4 is 11.8 Å². The second-order valence-corrected chi connectivity index (χ2v) is 10.0. The lowest BCUT2D eigenvalue weighted by Gasteiger charge is -2.34. The molecule has 3 rings (SSSR count). The highest BCUT2D eigenvalue weighted by Gasteiger charge is 2.32. The second-order valence-electron chi connectivity index (χ2n) is 10.0. The van der Waals surface area contributed by atoms with Crippen LogP contribution in [-0.2, 0) is 29.0 Å². The van der Waals surface area contributed by atoms with Gasteiger partial charge in [0.25, 0.3) is 0 Å². The Morgan fingerprint density at radius 2 is 1.51 bits per heavy atom. The Balaban J connectivity index is 1.93. The van der Waals surface area contributed by atoms with Gasteiger partial charge in [-0.1, -0.05) is 78.4 Å². The van der Waals surface area contributed by atoms with Gasteiger partial charge in [-0.3, -0.25) is 9.59 Å². The zero-order valence-corrected chi connectivity index (χ0v) is 21.1. The smallest absolute Gasteiger partial charge is 0.243 e. The van der Waals surface area contributed by atoms with Crippen molar-refractivity contribution < 1.29 is 14.0 Å². The van der Waals surface area contributed by atoms with Gasteiger partial charge in [-0.05, 0) is 51.3 Å². The molecule has 3 aromatic rings. The number of hydrogen-bond acceptors (Lipinski definition) is 2. The lowest BCUT2D eigenvalue weighted by atomic mass is 9.99. The first-order valence-electron chi connectivity index (χ1n) is 12.1. The lowest BCUT2D eigenvalue weighted by molar-refractivity contribution is -0.142. The van der Waals surface area contributed by atoms with Crippen molar-refractivity contribution in [2.45, 2.75) is 65.1 Å². The molecule has 0 bridgehead atoms. The maximum atomic E-state index is 14.6. The van der Waals surface area contributed by atoms with Crippen molar-refractivity contribution in [3.63, 3.8) is 0 Å². The first-order valence-corrected chi connectivity index (χ1v) is 12.1. The molecule has 0 saturated carbocycles. The molecule has 1 N–H and O–H groups in total. The van der Waals surface area contributed by atoms with E-state index in [1.54, 1.807) is 23.1 Å². The molecule has 0 radical (unpaired) electrons. The zero-order chi connectivity index (χ0) is 25.4. The molecule has 4 nitrogen and oxygen atoms in total. The number of hydrogen-bond donors (Lipinski definition) is 1. The van der Waals surface area contributed by atoms with Crippen LogP contribution < -0.4 is 5.32 Å². The third-order valence-corrected chi connectivity index (χ3v) is 5.82. The number of amides is 2. The van der Waals surface area contributed by atoms with Gasteiger partial charge in [0.1, 0.15) is 11.9 Å². The molecule has 1 atom stereocenters. The van der Waals surface area contributed by atoms with Crippen molar-refractivity contribution in [1.82, 2.24) is 10.2 Å². The van der Waals surface area contributed by atoms with E-state index < -0.39 is 17.4 Å². The molecular formula is C30H35FN2O2. The summed E-state index contributed by atoms with van der Waals surface area (Å²) in [5.41, 5.74) is 3.06. The van der Waals surface area contributed by atoms with Crippen LogP contribution in [0.15, 0.2) is 78.9 Å². The fourth-order valence-corrected chi connectivity index (χ4v) is 3.97. The van der Waals surface area contributed by atoms with Crippen LogP contribution in [0.1, 0.15) is 49.4 Å². The molecule has 0 fully saturated rings. The number of nitrogens with zero attached hydrogens (tertiary/aromatic N) is 1. The Kier molecular flexibility index (Phi) is 8.80. The first-order chi connectivity index (χ1) is 16.6. The SMILES string of the molecule is Cc1ccc(CCC(=O)N(Cc2ccccc2F)[C@@H](Cc2ccccc2)C(=O)NC(C)(C)C)cc1. The van der Waals surface area contributed by atoms with E-state index in [1.165, 1.54) is 6.07 Å². The van der Waals surface area contributed by atoms with Gasteiger partial charge in [-0.15, -0.1) is 0 Å². The van der Waals surface area contributed by atoms with Crippen LogP contribution >= 0.6 is 0 Å². The third-order valence-electron chi connectivity index (χ3n) is 5.82. The molecule has 0 heterocycles. The van der Waals surface area contributed by atoms with Crippen molar-refractivity contribution in [3.05, 3.63) is 107 Å². The molecule has 0 unspecified atom stereocenters. The topological polar surface area (TPSA) is 49.4 Å². The van der Waals surface area contributed by atoms with Crippen LogP contribution in [0.3, 0.4) is 0 Å². The molecule has 0 aromatic heterocycles. The molecule has 35 heavy (non-hydrogen) atoms. The number of rotatable bonds is 9. The maximum absolute atomic E-state index is 14.6. The van der Waals surface area contributed by atoms with Gasteiger partial charge in [0.2, 0.25) is 11.8 Å². The maximum Gasteiger partial charge on any atom is 0.243 e. The minimum Gasteiger partial charge on any atom is -0.350 e. The van der Waals surface area contributed by atoms with Crippen LogP contribution in [0.25, 0.3) is 0 Å². The van der Waals surface area contributed by atoms with Crippen molar-refractivity contribution in [1.29, 1.82) is 0 Å². The minimum absolute atomic E-state index is 0.0223. The van der Waals surface area contributed by atoms with Crippen LogP contribution in [0.4, 0.5) is 4.39 Å². The largest absolute Gasteiger partial charge is 0.350 e. The Morgan fingerprint density at radius 1 is 0.886 bits per heavy atom. The number of nitrogens with one attached hydrogen (secondary N) is 1. The van der Waals surface area contributed by atoms with Crippen LogP contribution in [0, 0.1) is 12.7 Å². The van der Waals surface area contributed by atoms with E-state index in [4.69, 9.17) is 0 Å². The Bertz CT molecular complexity index is 1120. The highest BCUT2D eigenvalue weighted by atomic mass is 19.1. The molecule has 5 heteroatoms. The van der Waals surface area contributed by atoms with Gasteiger partial charge < -0.3 is 10.2 Å². The standard InChI is InChI=1S/C30H35FN2O2/c1-22-14-16-23(17-15-22)18-19-28(34)33(21-25-12-8-9-13-26(25)31)27(29(35)32-30(2,3)4)20-24-10-6-5-7-11-24/h5-17,27H,18-21H2,1-4H3,(H,32,35)/t27-/m0/s1. The fourth-order valence-electron chi connectivity index (χ4n) is 3.97. The molecule has 0 aliphatic carbocycles. The van der Waals surface area contributed by atoms with Gasteiger partial charge in [-0.2, -0.15) is 0 Å². The molecule has 0 aliphatic heterocycles. The van der Waals surface area contributed by atoms with E-state index in [9.17, 15) is 14.0 Å².